The van der Waals surface area contributed by atoms with Crippen LogP contribution in [0.5, 0.6) is 6.01 Å². The lowest BCUT2D eigenvalue weighted by Gasteiger charge is -2.09. The van der Waals surface area contributed by atoms with Gasteiger partial charge in [0.25, 0.3) is 0 Å². The van der Waals surface area contributed by atoms with Crippen molar-refractivity contribution in [1.29, 1.82) is 0 Å². The molecule has 2 aromatic heterocycles. The zero-order chi connectivity index (χ0) is 13.9. The van der Waals surface area contributed by atoms with E-state index in [2.05, 4.69) is 25.3 Å². The average molecular weight is 268 g/mol. The fourth-order valence-electron chi connectivity index (χ4n) is 1.87. The van der Waals surface area contributed by atoms with Crippen molar-refractivity contribution >= 4 is 28.4 Å². The Morgan fingerprint density at radius 1 is 1.15 bits per heavy atom. The van der Waals surface area contributed by atoms with Crippen molar-refractivity contribution in [2.75, 3.05) is 18.2 Å². The maximum absolute atomic E-state index is 5.61. The third-order valence-electron chi connectivity index (χ3n) is 2.74. The summed E-state index contributed by atoms with van der Waals surface area (Å²) in [5.41, 5.74) is 6.47. The number of methoxy groups -OCH3 is 1. The molecule has 3 rings (SSSR count). The van der Waals surface area contributed by atoms with Gasteiger partial charge in [0.05, 0.1) is 7.11 Å². The van der Waals surface area contributed by atoms with Crippen molar-refractivity contribution in [1.82, 2.24) is 19.9 Å². The van der Waals surface area contributed by atoms with E-state index in [1.165, 1.54) is 7.11 Å². The first-order valence-corrected chi connectivity index (χ1v) is 5.91. The second-order valence-corrected chi connectivity index (χ2v) is 4.03. The predicted octanol–water partition coefficient (Wildman–Crippen LogP) is 1.75. The average Bonchev–Trinajstić information content (AvgIpc) is 2.47. The van der Waals surface area contributed by atoms with E-state index in [0.717, 1.165) is 16.5 Å². The van der Waals surface area contributed by atoms with Crippen molar-refractivity contribution in [2.45, 2.75) is 0 Å². The molecule has 0 atom stereocenters. The van der Waals surface area contributed by atoms with Gasteiger partial charge in [-0.05, 0) is 12.1 Å². The van der Waals surface area contributed by atoms with Crippen LogP contribution >= 0.6 is 0 Å². The normalized spacial score (nSPS) is 10.4. The quantitative estimate of drug-likeness (QED) is 0.746. The van der Waals surface area contributed by atoms with Gasteiger partial charge in [-0.15, -0.1) is 0 Å². The fourth-order valence-corrected chi connectivity index (χ4v) is 1.87. The number of aromatic nitrogens is 4. The Morgan fingerprint density at radius 2 is 2.05 bits per heavy atom. The Balaban J connectivity index is 2.03. The van der Waals surface area contributed by atoms with Crippen molar-refractivity contribution < 1.29 is 4.74 Å². The van der Waals surface area contributed by atoms with Crippen LogP contribution in [0.25, 0.3) is 10.8 Å². The van der Waals surface area contributed by atoms with Gasteiger partial charge in [-0.3, -0.25) is 4.98 Å². The topological polar surface area (TPSA) is 98.8 Å². The molecule has 2 heterocycles. The summed E-state index contributed by atoms with van der Waals surface area (Å²) in [6, 6.07) is 7.92. The molecule has 0 aliphatic heterocycles. The van der Waals surface area contributed by atoms with E-state index in [0.29, 0.717) is 5.95 Å². The first-order valence-electron chi connectivity index (χ1n) is 5.91. The number of benzene rings is 1. The minimum Gasteiger partial charge on any atom is -0.467 e. The van der Waals surface area contributed by atoms with Crippen LogP contribution in [0.15, 0.2) is 36.7 Å². The Labute approximate surface area is 114 Å². The summed E-state index contributed by atoms with van der Waals surface area (Å²) < 4.78 is 4.97. The van der Waals surface area contributed by atoms with E-state index in [1.807, 2.05) is 24.3 Å². The maximum Gasteiger partial charge on any atom is 0.322 e. The third-order valence-corrected chi connectivity index (χ3v) is 2.74. The van der Waals surface area contributed by atoms with E-state index in [-0.39, 0.29) is 12.0 Å². The van der Waals surface area contributed by atoms with E-state index >= 15 is 0 Å². The van der Waals surface area contributed by atoms with Gasteiger partial charge in [0, 0.05) is 28.9 Å². The summed E-state index contributed by atoms with van der Waals surface area (Å²) in [6.45, 7) is 0. The summed E-state index contributed by atoms with van der Waals surface area (Å²) in [6.07, 6.45) is 3.53. The molecule has 0 amide bonds. The van der Waals surface area contributed by atoms with Crippen molar-refractivity contribution in [2.24, 2.45) is 0 Å². The molecule has 0 spiro atoms. The van der Waals surface area contributed by atoms with Gasteiger partial charge >= 0.3 is 6.01 Å². The van der Waals surface area contributed by atoms with Crippen LogP contribution in [-0.4, -0.2) is 27.0 Å². The number of hydrogen-bond donors (Lipinski definition) is 2. The standard InChI is InChI=1S/C13H12N6O/c1-20-13-18-11(14)17-12(19-13)16-10-4-2-3-8-7-15-6-5-9(8)10/h2-7H,1H3,(H3,14,16,17,18,19). The SMILES string of the molecule is COc1nc(N)nc(Nc2cccc3cnccc23)n1. The number of rotatable bonds is 3. The highest BCUT2D eigenvalue weighted by molar-refractivity contribution is 5.94. The molecule has 0 saturated heterocycles. The van der Waals surface area contributed by atoms with Gasteiger partial charge in [-0.25, -0.2) is 0 Å². The Hall–Kier alpha value is -2.96. The molecule has 0 unspecified atom stereocenters. The minimum atomic E-state index is 0.0984. The number of fused-ring (bicyclic) bond motifs is 1. The summed E-state index contributed by atoms with van der Waals surface area (Å²) >= 11 is 0. The second kappa shape index (κ2) is 4.96. The lowest BCUT2D eigenvalue weighted by atomic mass is 10.1. The van der Waals surface area contributed by atoms with Crippen LogP contribution < -0.4 is 15.8 Å². The summed E-state index contributed by atoms with van der Waals surface area (Å²) in [5.74, 6) is 0.430. The Bertz CT molecular complexity index is 755. The zero-order valence-corrected chi connectivity index (χ0v) is 10.7. The van der Waals surface area contributed by atoms with E-state index in [1.54, 1.807) is 12.4 Å². The zero-order valence-electron chi connectivity index (χ0n) is 10.7. The van der Waals surface area contributed by atoms with Gasteiger partial charge in [-0.2, -0.15) is 15.0 Å². The van der Waals surface area contributed by atoms with Crippen LogP contribution in [0.2, 0.25) is 0 Å². The lowest BCUT2D eigenvalue weighted by Crippen LogP contribution is -2.05. The van der Waals surface area contributed by atoms with Crippen LogP contribution in [0.1, 0.15) is 0 Å². The minimum absolute atomic E-state index is 0.0984. The molecule has 0 saturated carbocycles. The van der Waals surface area contributed by atoms with E-state index in [4.69, 9.17) is 10.5 Å². The molecule has 100 valence electrons. The molecule has 7 nitrogen and oxygen atoms in total. The van der Waals surface area contributed by atoms with Crippen LogP contribution in [0, 0.1) is 0 Å². The highest BCUT2D eigenvalue weighted by Gasteiger charge is 2.06. The molecule has 3 aromatic rings. The molecule has 1 aromatic carbocycles. The molecule has 0 bridgehead atoms. The second-order valence-electron chi connectivity index (χ2n) is 4.03. The van der Waals surface area contributed by atoms with E-state index < -0.39 is 0 Å². The van der Waals surface area contributed by atoms with E-state index in [9.17, 15) is 0 Å². The molecule has 0 fully saturated rings. The molecule has 0 aliphatic rings. The number of anilines is 3. The molecular weight excluding hydrogens is 256 g/mol. The number of nitrogens with zero attached hydrogens (tertiary/aromatic N) is 4. The summed E-state index contributed by atoms with van der Waals surface area (Å²) in [7, 11) is 1.47. The number of pyridine rings is 1. The number of nitrogen functional groups attached to an aromatic ring is 1. The van der Waals surface area contributed by atoms with Crippen molar-refractivity contribution in [3.63, 3.8) is 0 Å². The first kappa shape index (κ1) is 12.1. The monoisotopic (exact) mass is 268 g/mol. The van der Waals surface area contributed by atoms with Crippen LogP contribution in [0.4, 0.5) is 17.6 Å². The largest absolute Gasteiger partial charge is 0.467 e. The molecule has 3 N–H and O–H groups in total. The summed E-state index contributed by atoms with van der Waals surface area (Å²) in [4.78, 5) is 16.1. The number of ether oxygens (including phenoxy) is 1. The number of nitrogens with one attached hydrogen (secondary N) is 1. The Kier molecular flexibility index (Phi) is 3.00. The van der Waals surface area contributed by atoms with Crippen LogP contribution in [-0.2, 0) is 0 Å². The van der Waals surface area contributed by atoms with Gasteiger partial charge in [0.15, 0.2) is 0 Å². The Morgan fingerprint density at radius 3 is 2.90 bits per heavy atom. The maximum atomic E-state index is 5.61. The smallest absolute Gasteiger partial charge is 0.322 e. The molecular formula is C13H12N6O. The number of nitrogens with two attached hydrogens (primary N) is 1. The number of hydrogen-bond acceptors (Lipinski definition) is 7. The van der Waals surface area contributed by atoms with Gasteiger partial charge < -0.3 is 15.8 Å². The third kappa shape index (κ3) is 2.28. The highest BCUT2D eigenvalue weighted by atomic mass is 16.5. The van der Waals surface area contributed by atoms with Gasteiger partial charge in [0.2, 0.25) is 11.9 Å². The molecule has 20 heavy (non-hydrogen) atoms. The van der Waals surface area contributed by atoms with Crippen molar-refractivity contribution in [3.8, 4) is 6.01 Å². The van der Waals surface area contributed by atoms with Crippen molar-refractivity contribution in [3.05, 3.63) is 36.7 Å². The molecule has 0 aliphatic carbocycles. The first-order chi connectivity index (χ1) is 9.76. The fraction of sp³-hybridized carbons (Fsp3) is 0.0769. The predicted molar refractivity (Wildman–Crippen MR) is 75.8 cm³/mol. The van der Waals surface area contributed by atoms with Gasteiger partial charge in [0.1, 0.15) is 0 Å². The van der Waals surface area contributed by atoms with Gasteiger partial charge in [-0.1, -0.05) is 12.1 Å². The molecule has 7 heteroatoms. The molecule has 0 radical (unpaired) electrons. The highest BCUT2D eigenvalue weighted by Crippen LogP contribution is 2.24. The van der Waals surface area contributed by atoms with Crippen LogP contribution in [0.3, 0.4) is 0 Å². The lowest BCUT2D eigenvalue weighted by molar-refractivity contribution is 0.380. The summed E-state index contributed by atoms with van der Waals surface area (Å²) in [5, 5.41) is 5.15.